The van der Waals surface area contributed by atoms with Crippen LogP contribution in [0, 0.1) is 17.7 Å². The highest BCUT2D eigenvalue weighted by Gasteiger charge is 2.18. The van der Waals surface area contributed by atoms with Crippen LogP contribution in [0.4, 0.5) is 4.39 Å². The Bertz CT molecular complexity index is 677. The molecule has 1 rings (SSSR count). The van der Waals surface area contributed by atoms with Crippen molar-refractivity contribution >= 4 is 20.8 Å². The summed E-state index contributed by atoms with van der Waals surface area (Å²) in [4.78, 5) is -0.463. The van der Waals surface area contributed by atoms with Gasteiger partial charge in [-0.25, -0.2) is 17.5 Å². The van der Waals surface area contributed by atoms with Gasteiger partial charge < -0.3 is 5.11 Å². The smallest absolute Gasteiger partial charge is 0.243 e. The van der Waals surface area contributed by atoms with Crippen molar-refractivity contribution in [1.82, 2.24) is 4.72 Å². The number of aliphatic hydroxyl groups excluding tert-OH is 1. The summed E-state index contributed by atoms with van der Waals surface area (Å²) in [6, 6.07) is 3.48. The maximum absolute atomic E-state index is 13.8. The average Bonchev–Trinajstić information content (AvgIpc) is 2.41. The van der Waals surface area contributed by atoms with Crippen LogP contribution in [0.25, 0.3) is 0 Å². The zero-order valence-electron chi connectivity index (χ0n) is 11.4. The Balaban J connectivity index is 2.81. The molecule has 0 fully saturated rings. The number of aliphatic hydroxyl groups is 1. The van der Waals surface area contributed by atoms with Gasteiger partial charge >= 0.3 is 0 Å². The molecule has 0 radical (unpaired) electrons. The topological polar surface area (TPSA) is 83.5 Å². The van der Waals surface area contributed by atoms with Crippen LogP contribution in [0.1, 0.15) is 12.0 Å². The Morgan fingerprint density at radius 3 is 2.71 bits per heavy atom. The average molecular weight is 333 g/mol. The highest BCUT2D eigenvalue weighted by Crippen LogP contribution is 2.15. The molecule has 5 nitrogen and oxygen atoms in total. The van der Waals surface area contributed by atoms with Gasteiger partial charge in [0.25, 0.3) is 0 Å². The molecule has 0 heterocycles. The van der Waals surface area contributed by atoms with Crippen LogP contribution in [0.15, 0.2) is 23.1 Å². The lowest BCUT2D eigenvalue weighted by Crippen LogP contribution is -2.26. The van der Waals surface area contributed by atoms with Gasteiger partial charge in [0, 0.05) is 34.9 Å². The predicted octanol–water partition coefficient (Wildman–Crippen LogP) is 0.216. The Morgan fingerprint density at radius 2 is 2.14 bits per heavy atom. The van der Waals surface area contributed by atoms with Crippen molar-refractivity contribution in [3.8, 4) is 11.8 Å². The van der Waals surface area contributed by atoms with E-state index in [1.165, 1.54) is 12.3 Å². The van der Waals surface area contributed by atoms with Gasteiger partial charge in [0.05, 0.1) is 0 Å². The van der Waals surface area contributed by atoms with E-state index in [9.17, 15) is 17.0 Å². The number of sulfonamides is 1. The normalized spacial score (nSPS) is 12.5. The molecule has 0 saturated carbocycles. The first-order valence-corrected chi connectivity index (χ1v) is 9.27. The third kappa shape index (κ3) is 5.93. The van der Waals surface area contributed by atoms with Crippen molar-refractivity contribution in [2.24, 2.45) is 0 Å². The van der Waals surface area contributed by atoms with E-state index in [1.807, 2.05) is 0 Å². The largest absolute Gasteiger partial charge is 0.384 e. The third-order valence-corrected chi connectivity index (χ3v) is 4.79. The van der Waals surface area contributed by atoms with Crippen LogP contribution in [0.5, 0.6) is 0 Å². The van der Waals surface area contributed by atoms with E-state index < -0.39 is 31.5 Å². The highest BCUT2D eigenvalue weighted by atomic mass is 32.2. The van der Waals surface area contributed by atoms with E-state index in [0.717, 1.165) is 12.1 Å². The van der Waals surface area contributed by atoms with Crippen molar-refractivity contribution in [3.63, 3.8) is 0 Å². The second kappa shape index (κ2) is 8.24. The molecule has 2 N–H and O–H groups in total. The summed E-state index contributed by atoms with van der Waals surface area (Å²) in [7, 11) is -4.94. The molecule has 1 atom stereocenters. The summed E-state index contributed by atoms with van der Waals surface area (Å²) < 4.78 is 50.8. The second-order valence-electron chi connectivity index (χ2n) is 4.13. The van der Waals surface area contributed by atoms with Gasteiger partial charge in [-0.3, -0.25) is 4.21 Å². The SMILES string of the molecule is CS(=O)CCCNS(=O)(=O)c1ccc(C#CCO)cc1F. The molecule has 1 unspecified atom stereocenters. The van der Waals surface area contributed by atoms with Crippen LogP contribution in [-0.4, -0.2) is 42.9 Å². The van der Waals surface area contributed by atoms with Crippen molar-refractivity contribution in [2.75, 3.05) is 25.2 Å². The lowest BCUT2D eigenvalue weighted by atomic mass is 10.2. The Hall–Kier alpha value is -1.27. The lowest BCUT2D eigenvalue weighted by molar-refractivity contribution is 0.350. The van der Waals surface area contributed by atoms with Crippen LogP contribution in [-0.2, 0) is 20.8 Å². The summed E-state index contributed by atoms with van der Waals surface area (Å²) in [5.74, 6) is 4.30. The molecular weight excluding hydrogens is 317 g/mol. The molecule has 0 aliphatic rings. The van der Waals surface area contributed by atoms with Gasteiger partial charge in [0.15, 0.2) is 0 Å². The maximum Gasteiger partial charge on any atom is 0.243 e. The molecule has 116 valence electrons. The van der Waals surface area contributed by atoms with Crippen LogP contribution >= 0.6 is 0 Å². The fraction of sp³-hybridized carbons (Fsp3) is 0.385. The number of rotatable bonds is 6. The Kier molecular flexibility index (Phi) is 6.98. The lowest BCUT2D eigenvalue weighted by Gasteiger charge is -2.07. The minimum atomic E-state index is -3.95. The molecule has 1 aromatic carbocycles. The minimum absolute atomic E-state index is 0.0907. The number of nitrogens with one attached hydrogen (secondary N) is 1. The van der Waals surface area contributed by atoms with E-state index in [4.69, 9.17) is 5.11 Å². The first-order valence-electron chi connectivity index (χ1n) is 6.06. The molecule has 8 heteroatoms. The first kappa shape index (κ1) is 17.8. The second-order valence-corrected chi connectivity index (χ2v) is 7.42. The maximum atomic E-state index is 13.8. The van der Waals surface area contributed by atoms with E-state index in [2.05, 4.69) is 16.6 Å². The van der Waals surface area contributed by atoms with E-state index >= 15 is 0 Å². The molecular formula is C13H16FNO4S2. The van der Waals surface area contributed by atoms with Crippen molar-refractivity contribution < 1.29 is 22.1 Å². The van der Waals surface area contributed by atoms with Crippen molar-refractivity contribution in [1.29, 1.82) is 0 Å². The zero-order chi connectivity index (χ0) is 15.9. The van der Waals surface area contributed by atoms with Gasteiger partial charge in [-0.2, -0.15) is 0 Å². The summed E-state index contributed by atoms with van der Waals surface area (Å²) in [5.41, 5.74) is 0.280. The summed E-state index contributed by atoms with van der Waals surface area (Å²) in [6.07, 6.45) is 1.93. The number of benzene rings is 1. The Morgan fingerprint density at radius 1 is 1.43 bits per heavy atom. The van der Waals surface area contributed by atoms with Gasteiger partial charge in [-0.15, -0.1) is 0 Å². The van der Waals surface area contributed by atoms with Crippen LogP contribution < -0.4 is 4.72 Å². The van der Waals surface area contributed by atoms with Gasteiger partial charge in [-0.05, 0) is 24.6 Å². The van der Waals surface area contributed by atoms with Crippen LogP contribution in [0.3, 0.4) is 0 Å². The van der Waals surface area contributed by atoms with E-state index in [0.29, 0.717) is 12.2 Å². The predicted molar refractivity (Wildman–Crippen MR) is 79.1 cm³/mol. The molecule has 1 aromatic rings. The number of halogens is 1. The molecule has 21 heavy (non-hydrogen) atoms. The molecule has 0 spiro atoms. The van der Waals surface area contributed by atoms with E-state index in [-0.39, 0.29) is 18.7 Å². The van der Waals surface area contributed by atoms with Gasteiger partial charge in [0.2, 0.25) is 10.0 Å². The Labute approximate surface area is 126 Å². The van der Waals surface area contributed by atoms with Crippen molar-refractivity contribution in [3.05, 3.63) is 29.6 Å². The van der Waals surface area contributed by atoms with Gasteiger partial charge in [-0.1, -0.05) is 11.8 Å². The van der Waals surface area contributed by atoms with Crippen LogP contribution in [0.2, 0.25) is 0 Å². The van der Waals surface area contributed by atoms with Crippen molar-refractivity contribution in [2.45, 2.75) is 11.3 Å². The summed E-state index contributed by atoms with van der Waals surface area (Å²) in [5, 5.41) is 8.55. The molecule has 0 aliphatic heterocycles. The standard InChI is InChI=1S/C13H16FNO4S2/c1-20(17)9-3-7-15-21(18,19)13-6-5-11(4-2-8-16)10-12(13)14/h5-6,10,15-16H,3,7-9H2,1H3. The zero-order valence-corrected chi connectivity index (χ0v) is 13.1. The molecule has 0 amide bonds. The fourth-order valence-corrected chi connectivity index (χ4v) is 3.18. The molecule has 0 bridgehead atoms. The van der Waals surface area contributed by atoms with E-state index in [1.54, 1.807) is 0 Å². The molecule has 0 saturated heterocycles. The number of hydrogen-bond donors (Lipinski definition) is 2. The minimum Gasteiger partial charge on any atom is -0.384 e. The third-order valence-electron chi connectivity index (χ3n) is 2.43. The van der Waals surface area contributed by atoms with Gasteiger partial charge in [0.1, 0.15) is 17.3 Å². The fourth-order valence-electron chi connectivity index (χ4n) is 1.50. The summed E-state index contributed by atoms with van der Waals surface area (Å²) in [6.45, 7) is -0.268. The number of hydrogen-bond acceptors (Lipinski definition) is 4. The monoisotopic (exact) mass is 333 g/mol. The highest BCUT2D eigenvalue weighted by molar-refractivity contribution is 7.89. The summed E-state index contributed by atoms with van der Waals surface area (Å²) >= 11 is 0. The molecule has 0 aromatic heterocycles. The quantitative estimate of drug-likeness (QED) is 0.576. The molecule has 0 aliphatic carbocycles. The first-order chi connectivity index (χ1) is 9.86.